The van der Waals surface area contributed by atoms with E-state index in [4.69, 9.17) is 8.83 Å². The number of thioether (sulfide) groups is 1. The van der Waals surface area contributed by atoms with E-state index in [2.05, 4.69) is 34.2 Å². The van der Waals surface area contributed by atoms with Gasteiger partial charge >= 0.3 is 0 Å². The summed E-state index contributed by atoms with van der Waals surface area (Å²) in [7, 11) is 0. The Morgan fingerprint density at radius 1 is 0.778 bits per heavy atom. The average Bonchev–Trinajstić information content (AvgIpc) is 3.34. The first-order valence-electron chi connectivity index (χ1n) is 8.57. The van der Waals surface area contributed by atoms with Gasteiger partial charge in [-0.25, -0.2) is 0 Å². The van der Waals surface area contributed by atoms with Gasteiger partial charge in [-0.3, -0.25) is 0 Å². The molecule has 4 aromatic rings. The average molecular weight is 378 g/mol. The predicted octanol–water partition coefficient (Wildman–Crippen LogP) is 5.26. The molecular weight excluding hydrogens is 360 g/mol. The number of benzene rings is 2. The molecule has 2 aromatic heterocycles. The molecule has 27 heavy (non-hydrogen) atoms. The van der Waals surface area contributed by atoms with Gasteiger partial charge in [-0.2, -0.15) is 0 Å². The van der Waals surface area contributed by atoms with E-state index in [1.165, 1.54) is 22.9 Å². The van der Waals surface area contributed by atoms with Crippen LogP contribution in [-0.2, 0) is 0 Å². The van der Waals surface area contributed by atoms with Gasteiger partial charge in [-0.05, 0) is 56.2 Å². The molecule has 0 fully saturated rings. The normalized spacial score (nSPS) is 12.3. The zero-order valence-electron chi connectivity index (χ0n) is 15.2. The molecule has 0 radical (unpaired) electrons. The van der Waals surface area contributed by atoms with Gasteiger partial charge in [0.15, 0.2) is 0 Å². The Labute approximate surface area is 161 Å². The number of hydrogen-bond acceptors (Lipinski definition) is 7. The zero-order chi connectivity index (χ0) is 18.8. The van der Waals surface area contributed by atoms with Crippen LogP contribution in [0.3, 0.4) is 0 Å². The fraction of sp³-hybridized carbons (Fsp3) is 0.200. The maximum Gasteiger partial charge on any atom is 0.277 e. The van der Waals surface area contributed by atoms with E-state index in [0.717, 1.165) is 11.1 Å². The highest BCUT2D eigenvalue weighted by molar-refractivity contribution is 7.99. The summed E-state index contributed by atoms with van der Waals surface area (Å²) in [5, 5.41) is 16.9. The van der Waals surface area contributed by atoms with Crippen molar-refractivity contribution in [3.8, 4) is 22.9 Å². The molecule has 0 amide bonds. The van der Waals surface area contributed by atoms with Crippen LogP contribution in [0.2, 0.25) is 0 Å². The lowest BCUT2D eigenvalue weighted by atomic mass is 10.1. The Morgan fingerprint density at radius 2 is 1.52 bits per heavy atom. The summed E-state index contributed by atoms with van der Waals surface area (Å²) in [6.07, 6.45) is 0. The minimum Gasteiger partial charge on any atom is -0.419 e. The maximum atomic E-state index is 5.80. The van der Waals surface area contributed by atoms with Crippen molar-refractivity contribution in [2.24, 2.45) is 0 Å². The molecule has 4 rings (SSSR count). The smallest absolute Gasteiger partial charge is 0.277 e. The van der Waals surface area contributed by atoms with Crippen molar-refractivity contribution < 1.29 is 8.83 Å². The molecule has 0 spiro atoms. The molecule has 0 aliphatic carbocycles. The summed E-state index contributed by atoms with van der Waals surface area (Å²) >= 11 is 1.39. The third kappa shape index (κ3) is 3.78. The monoisotopic (exact) mass is 378 g/mol. The van der Waals surface area contributed by atoms with Gasteiger partial charge in [-0.15, -0.1) is 20.4 Å². The Kier molecular flexibility index (Phi) is 4.77. The summed E-state index contributed by atoms with van der Waals surface area (Å²) in [6.45, 7) is 6.10. The van der Waals surface area contributed by atoms with Gasteiger partial charge in [0.05, 0.1) is 5.25 Å². The molecule has 0 aliphatic rings. The first kappa shape index (κ1) is 17.5. The summed E-state index contributed by atoms with van der Waals surface area (Å²) in [5.74, 6) is 1.52. The zero-order valence-corrected chi connectivity index (χ0v) is 16.0. The molecular formula is C20H18N4O2S. The number of aryl methyl sites for hydroxylation is 2. The molecule has 2 aromatic carbocycles. The van der Waals surface area contributed by atoms with Gasteiger partial charge in [0.25, 0.3) is 5.22 Å². The highest BCUT2D eigenvalue weighted by Crippen LogP contribution is 2.35. The van der Waals surface area contributed by atoms with Crippen molar-refractivity contribution in [3.05, 3.63) is 65.5 Å². The van der Waals surface area contributed by atoms with Crippen LogP contribution in [0.4, 0.5) is 0 Å². The van der Waals surface area contributed by atoms with Crippen LogP contribution in [-0.4, -0.2) is 20.4 Å². The number of hydrogen-bond donors (Lipinski definition) is 0. The molecule has 1 atom stereocenters. The lowest BCUT2D eigenvalue weighted by molar-refractivity contribution is 0.461. The van der Waals surface area contributed by atoms with Crippen molar-refractivity contribution in [1.29, 1.82) is 0 Å². The minimum absolute atomic E-state index is 0.108. The van der Waals surface area contributed by atoms with Gasteiger partial charge in [0, 0.05) is 11.1 Å². The summed E-state index contributed by atoms with van der Waals surface area (Å²) in [4.78, 5) is 0. The third-order valence-corrected chi connectivity index (χ3v) is 5.17. The van der Waals surface area contributed by atoms with Gasteiger partial charge in [0.1, 0.15) is 0 Å². The van der Waals surface area contributed by atoms with E-state index >= 15 is 0 Å². The summed E-state index contributed by atoms with van der Waals surface area (Å²) in [5.41, 5.74) is 4.22. The van der Waals surface area contributed by atoms with Crippen LogP contribution < -0.4 is 0 Å². The van der Waals surface area contributed by atoms with Crippen molar-refractivity contribution in [1.82, 2.24) is 20.4 Å². The first-order chi connectivity index (χ1) is 13.1. The molecule has 6 nitrogen and oxygen atoms in total. The highest BCUT2D eigenvalue weighted by Gasteiger charge is 2.20. The maximum absolute atomic E-state index is 5.80. The number of aromatic nitrogens is 4. The molecule has 0 bridgehead atoms. The van der Waals surface area contributed by atoms with E-state index in [1.54, 1.807) is 0 Å². The summed E-state index contributed by atoms with van der Waals surface area (Å²) < 4.78 is 11.6. The van der Waals surface area contributed by atoms with E-state index in [0.29, 0.717) is 22.9 Å². The second-order valence-corrected chi connectivity index (χ2v) is 7.54. The third-order valence-electron chi connectivity index (χ3n) is 4.25. The van der Waals surface area contributed by atoms with E-state index in [1.807, 2.05) is 55.5 Å². The molecule has 7 heteroatoms. The molecule has 0 saturated heterocycles. The molecule has 0 saturated carbocycles. The standard InChI is InChI=1S/C20H18N4O2S/c1-12-9-10-16(11-13(12)2)19-23-24-20(26-19)27-14(3)17-21-22-18(25-17)15-7-5-4-6-8-15/h4-11,14H,1-3H3/t14-/m0/s1. The predicted molar refractivity (Wildman–Crippen MR) is 103 cm³/mol. The fourth-order valence-corrected chi connectivity index (χ4v) is 3.26. The topological polar surface area (TPSA) is 77.8 Å². The van der Waals surface area contributed by atoms with Crippen molar-refractivity contribution in [2.45, 2.75) is 31.2 Å². The molecule has 2 heterocycles. The minimum atomic E-state index is -0.108. The lowest BCUT2D eigenvalue weighted by Crippen LogP contribution is -1.88. The summed E-state index contributed by atoms with van der Waals surface area (Å²) in [6, 6.07) is 15.8. The van der Waals surface area contributed by atoms with Crippen LogP contribution in [0.5, 0.6) is 0 Å². The van der Waals surface area contributed by atoms with Crippen molar-refractivity contribution >= 4 is 11.8 Å². The van der Waals surface area contributed by atoms with Crippen LogP contribution >= 0.6 is 11.8 Å². The molecule has 0 aliphatic heterocycles. The Bertz CT molecular complexity index is 1060. The largest absolute Gasteiger partial charge is 0.419 e. The van der Waals surface area contributed by atoms with Crippen LogP contribution in [0.15, 0.2) is 62.6 Å². The van der Waals surface area contributed by atoms with E-state index in [-0.39, 0.29) is 5.25 Å². The fourth-order valence-electron chi connectivity index (χ4n) is 2.55. The Balaban J connectivity index is 1.49. The Morgan fingerprint density at radius 3 is 2.30 bits per heavy atom. The molecule has 136 valence electrons. The number of rotatable bonds is 5. The van der Waals surface area contributed by atoms with Gasteiger partial charge in [-0.1, -0.05) is 36.0 Å². The Hall–Kier alpha value is -2.93. The van der Waals surface area contributed by atoms with Crippen molar-refractivity contribution in [2.75, 3.05) is 0 Å². The van der Waals surface area contributed by atoms with Crippen LogP contribution in [0, 0.1) is 13.8 Å². The van der Waals surface area contributed by atoms with Crippen LogP contribution in [0.25, 0.3) is 22.9 Å². The van der Waals surface area contributed by atoms with E-state index < -0.39 is 0 Å². The van der Waals surface area contributed by atoms with Crippen LogP contribution in [0.1, 0.15) is 29.2 Å². The first-order valence-corrected chi connectivity index (χ1v) is 9.45. The van der Waals surface area contributed by atoms with E-state index in [9.17, 15) is 0 Å². The molecule has 0 N–H and O–H groups in total. The second kappa shape index (κ2) is 7.36. The van der Waals surface area contributed by atoms with Crippen molar-refractivity contribution in [3.63, 3.8) is 0 Å². The van der Waals surface area contributed by atoms with Gasteiger partial charge < -0.3 is 8.83 Å². The SMILES string of the molecule is Cc1ccc(-c2nnc(S[C@@H](C)c3nnc(-c4ccccc4)o3)o2)cc1C. The molecule has 0 unspecified atom stereocenters. The second-order valence-electron chi connectivity index (χ2n) is 6.24. The quantitative estimate of drug-likeness (QED) is 0.438. The highest BCUT2D eigenvalue weighted by atomic mass is 32.2. The number of nitrogens with zero attached hydrogens (tertiary/aromatic N) is 4. The van der Waals surface area contributed by atoms with Gasteiger partial charge in [0.2, 0.25) is 17.7 Å². The lowest BCUT2D eigenvalue weighted by Gasteiger charge is -2.02.